The third-order valence-corrected chi connectivity index (χ3v) is 6.46. The van der Waals surface area contributed by atoms with Crippen LogP contribution in [0.3, 0.4) is 0 Å². The number of hydrogen-bond donors (Lipinski definition) is 2. The van der Waals surface area contributed by atoms with Gasteiger partial charge in [0, 0.05) is 50.9 Å². The van der Waals surface area contributed by atoms with Crippen LogP contribution in [0.5, 0.6) is 0 Å². The average Bonchev–Trinajstić information content (AvgIpc) is 3.29. The maximum atomic E-state index is 13.3. The van der Waals surface area contributed by atoms with E-state index < -0.39 is 6.04 Å². The molecule has 7 heteroatoms. The van der Waals surface area contributed by atoms with Crippen molar-refractivity contribution in [3.05, 3.63) is 35.4 Å². The zero-order chi connectivity index (χ0) is 23.1. The Morgan fingerprint density at radius 2 is 2.00 bits per heavy atom. The molecule has 0 aliphatic carbocycles. The summed E-state index contributed by atoms with van der Waals surface area (Å²) in [6.45, 7) is 10.5. The van der Waals surface area contributed by atoms with Crippen molar-refractivity contribution in [2.45, 2.75) is 64.6 Å². The summed E-state index contributed by atoms with van der Waals surface area (Å²) in [6, 6.07) is 7.33. The third-order valence-electron chi connectivity index (χ3n) is 6.46. The summed E-state index contributed by atoms with van der Waals surface area (Å²) in [7, 11) is 0. The summed E-state index contributed by atoms with van der Waals surface area (Å²) in [5, 5.41) is 2.92. The van der Waals surface area contributed by atoms with Crippen molar-refractivity contribution in [1.29, 1.82) is 0 Å². The van der Waals surface area contributed by atoms with Gasteiger partial charge in [-0.25, -0.2) is 0 Å². The van der Waals surface area contributed by atoms with Gasteiger partial charge in [0.15, 0.2) is 0 Å². The van der Waals surface area contributed by atoms with Crippen LogP contribution in [0.15, 0.2) is 24.3 Å². The van der Waals surface area contributed by atoms with Gasteiger partial charge in [-0.2, -0.15) is 0 Å². The topological polar surface area (TPSA) is 87.9 Å². The van der Waals surface area contributed by atoms with Gasteiger partial charge in [0.05, 0.1) is 6.10 Å². The Kier molecular flexibility index (Phi) is 9.08. The molecule has 7 nitrogen and oxygen atoms in total. The number of hydrogen-bond acceptors (Lipinski definition) is 5. The number of benzene rings is 1. The molecule has 0 bridgehead atoms. The quantitative estimate of drug-likeness (QED) is 0.610. The Balaban J connectivity index is 1.77. The first-order valence-corrected chi connectivity index (χ1v) is 12.1. The number of nitrogens with one attached hydrogen (secondary N) is 1. The van der Waals surface area contributed by atoms with Gasteiger partial charge < -0.3 is 20.7 Å². The molecule has 3 atom stereocenters. The van der Waals surface area contributed by atoms with E-state index in [1.165, 1.54) is 0 Å². The number of amides is 2. The Bertz CT molecular complexity index is 746. The first-order chi connectivity index (χ1) is 15.4. The maximum Gasteiger partial charge on any atom is 0.254 e. The molecular weight excluding hydrogens is 404 g/mol. The van der Waals surface area contributed by atoms with Crippen LogP contribution in [-0.2, 0) is 9.53 Å². The second kappa shape index (κ2) is 11.8. The number of rotatable bonds is 9. The minimum absolute atomic E-state index is 0.0779. The van der Waals surface area contributed by atoms with Crippen LogP contribution in [0, 0.1) is 12.8 Å². The van der Waals surface area contributed by atoms with Crippen LogP contribution >= 0.6 is 0 Å². The van der Waals surface area contributed by atoms with Crippen molar-refractivity contribution in [3.63, 3.8) is 0 Å². The van der Waals surface area contributed by atoms with Crippen molar-refractivity contribution in [1.82, 2.24) is 15.1 Å². The zero-order valence-electron chi connectivity index (χ0n) is 19.9. The fourth-order valence-corrected chi connectivity index (χ4v) is 4.84. The van der Waals surface area contributed by atoms with E-state index in [2.05, 4.69) is 24.1 Å². The number of carbonyl (C=O) groups is 2. The summed E-state index contributed by atoms with van der Waals surface area (Å²) in [5.74, 6) is 0.334. The summed E-state index contributed by atoms with van der Waals surface area (Å²) in [4.78, 5) is 30.7. The smallest absolute Gasteiger partial charge is 0.254 e. The SMILES string of the molecule is Cc1ccc(C(=O)N2CCC(N(CC(C)C)CC3CCCO3)C[C@@H]2C(=O)NCCN)cc1. The van der Waals surface area contributed by atoms with Crippen LogP contribution in [-0.4, -0.2) is 79.1 Å². The lowest BCUT2D eigenvalue weighted by atomic mass is 9.93. The molecule has 2 amide bonds. The number of aryl methyl sites for hydroxylation is 1. The van der Waals surface area contributed by atoms with Crippen molar-refractivity contribution < 1.29 is 14.3 Å². The highest BCUT2D eigenvalue weighted by molar-refractivity contribution is 5.97. The molecule has 1 aromatic carbocycles. The van der Waals surface area contributed by atoms with Gasteiger partial charge in [-0.3, -0.25) is 14.5 Å². The van der Waals surface area contributed by atoms with Gasteiger partial charge in [-0.05, 0) is 50.7 Å². The van der Waals surface area contributed by atoms with Gasteiger partial charge in [-0.15, -0.1) is 0 Å². The molecular formula is C25H40N4O3. The number of nitrogens with two attached hydrogens (primary N) is 1. The van der Waals surface area contributed by atoms with Gasteiger partial charge in [0.25, 0.3) is 5.91 Å². The highest BCUT2D eigenvalue weighted by Gasteiger charge is 2.39. The van der Waals surface area contributed by atoms with E-state index in [1.807, 2.05) is 31.2 Å². The molecule has 2 heterocycles. The molecule has 2 aliphatic rings. The lowest BCUT2D eigenvalue weighted by molar-refractivity contribution is -0.127. The summed E-state index contributed by atoms with van der Waals surface area (Å²) in [6.07, 6.45) is 3.98. The Morgan fingerprint density at radius 1 is 1.25 bits per heavy atom. The molecule has 2 saturated heterocycles. The van der Waals surface area contributed by atoms with Gasteiger partial charge in [-0.1, -0.05) is 31.5 Å². The summed E-state index contributed by atoms with van der Waals surface area (Å²) in [5.41, 5.74) is 7.35. The summed E-state index contributed by atoms with van der Waals surface area (Å²) >= 11 is 0. The van der Waals surface area contributed by atoms with Crippen LogP contribution in [0.1, 0.15) is 55.5 Å². The predicted molar refractivity (Wildman–Crippen MR) is 126 cm³/mol. The normalized spacial score (nSPS) is 23.7. The molecule has 0 saturated carbocycles. The second-order valence-corrected chi connectivity index (χ2v) is 9.62. The van der Waals surface area contributed by atoms with Crippen LogP contribution in [0.4, 0.5) is 0 Å². The number of nitrogens with zero attached hydrogens (tertiary/aromatic N) is 2. The Morgan fingerprint density at radius 3 is 2.62 bits per heavy atom. The molecule has 0 spiro atoms. The molecule has 2 aliphatic heterocycles. The molecule has 3 N–H and O–H groups in total. The zero-order valence-corrected chi connectivity index (χ0v) is 19.9. The van der Waals surface area contributed by atoms with E-state index in [0.717, 1.165) is 44.5 Å². The average molecular weight is 445 g/mol. The molecule has 3 rings (SSSR count). The van der Waals surface area contributed by atoms with Crippen molar-refractivity contribution in [2.75, 3.05) is 39.3 Å². The van der Waals surface area contributed by atoms with E-state index >= 15 is 0 Å². The van der Waals surface area contributed by atoms with E-state index in [9.17, 15) is 9.59 Å². The van der Waals surface area contributed by atoms with Crippen molar-refractivity contribution >= 4 is 11.8 Å². The molecule has 2 fully saturated rings. The summed E-state index contributed by atoms with van der Waals surface area (Å²) < 4.78 is 5.91. The maximum absolute atomic E-state index is 13.3. The largest absolute Gasteiger partial charge is 0.377 e. The minimum atomic E-state index is -0.492. The van der Waals surface area contributed by atoms with Crippen LogP contribution in [0.25, 0.3) is 0 Å². The first-order valence-electron chi connectivity index (χ1n) is 12.1. The fraction of sp³-hybridized carbons (Fsp3) is 0.680. The van der Waals surface area contributed by atoms with Gasteiger partial charge in [0.1, 0.15) is 6.04 Å². The van der Waals surface area contributed by atoms with Crippen LogP contribution < -0.4 is 11.1 Å². The fourth-order valence-electron chi connectivity index (χ4n) is 4.84. The van der Waals surface area contributed by atoms with E-state index in [-0.39, 0.29) is 24.0 Å². The molecule has 178 valence electrons. The van der Waals surface area contributed by atoms with Crippen molar-refractivity contribution in [3.8, 4) is 0 Å². The molecule has 32 heavy (non-hydrogen) atoms. The number of carbonyl (C=O) groups excluding carboxylic acids is 2. The first kappa shape index (κ1) is 24.7. The highest BCUT2D eigenvalue weighted by atomic mass is 16.5. The molecule has 2 unspecified atom stereocenters. The van der Waals surface area contributed by atoms with Gasteiger partial charge >= 0.3 is 0 Å². The standard InChI is InChI=1S/C25H40N4O3/c1-18(2)16-28(17-22-5-4-14-32-22)21-10-13-29(23(15-21)24(30)27-12-11-26)25(31)20-8-6-19(3)7-9-20/h6-9,18,21-23H,4-5,10-17,26H2,1-3H3,(H,27,30)/t21?,22?,23-/m1/s1. The second-order valence-electron chi connectivity index (χ2n) is 9.62. The monoisotopic (exact) mass is 444 g/mol. The predicted octanol–water partition coefficient (Wildman–Crippen LogP) is 2.18. The number of likely N-dealkylation sites (tertiary alicyclic amines) is 1. The van der Waals surface area contributed by atoms with Crippen LogP contribution in [0.2, 0.25) is 0 Å². The number of ether oxygens (including phenoxy) is 1. The van der Waals surface area contributed by atoms with E-state index in [4.69, 9.17) is 10.5 Å². The van der Waals surface area contributed by atoms with E-state index in [0.29, 0.717) is 37.5 Å². The molecule has 0 radical (unpaired) electrons. The Labute approximate surface area is 192 Å². The Hall–Kier alpha value is -1.96. The van der Waals surface area contributed by atoms with Gasteiger partial charge in [0.2, 0.25) is 5.91 Å². The minimum Gasteiger partial charge on any atom is -0.377 e. The van der Waals surface area contributed by atoms with E-state index in [1.54, 1.807) is 4.90 Å². The third kappa shape index (κ3) is 6.53. The lowest BCUT2D eigenvalue weighted by Gasteiger charge is -2.44. The molecule has 0 aromatic heterocycles. The lowest BCUT2D eigenvalue weighted by Crippen LogP contribution is -2.58. The molecule has 1 aromatic rings. The number of piperidine rings is 1. The highest BCUT2D eigenvalue weighted by Crippen LogP contribution is 2.27. The van der Waals surface area contributed by atoms with Crippen molar-refractivity contribution in [2.24, 2.45) is 11.7 Å².